The van der Waals surface area contributed by atoms with Gasteiger partial charge in [0.05, 0.1) is 0 Å². The van der Waals surface area contributed by atoms with Crippen molar-refractivity contribution in [3.8, 4) is 0 Å². The lowest BCUT2D eigenvalue weighted by Gasteiger charge is -2.23. The quantitative estimate of drug-likeness (QED) is 0.704. The molecule has 0 nitrogen and oxygen atoms in total. The second-order valence-electron chi connectivity index (χ2n) is 6.82. The first-order chi connectivity index (χ1) is 9.29. The van der Waals surface area contributed by atoms with E-state index in [1.165, 1.54) is 12.8 Å². The number of rotatable bonds is 1. The number of hydrogen-bond acceptors (Lipinski definition) is 0. The fourth-order valence-electron chi connectivity index (χ4n) is 5.69. The van der Waals surface area contributed by atoms with E-state index in [1.54, 1.807) is 16.7 Å². The Bertz CT molecular complexity index is 671. The highest BCUT2D eigenvalue weighted by Gasteiger charge is 2.79. The summed E-state index contributed by atoms with van der Waals surface area (Å²) in [5.41, 5.74) is 5.64. The molecule has 0 unspecified atom stereocenters. The summed E-state index contributed by atoms with van der Waals surface area (Å²) in [6, 6.07) is 20.5. The Morgan fingerprint density at radius 2 is 1.58 bits per heavy atom. The molecule has 0 amide bonds. The molecule has 0 aromatic heterocycles. The van der Waals surface area contributed by atoms with Crippen LogP contribution >= 0.6 is 0 Å². The van der Waals surface area contributed by atoms with Crippen LogP contribution in [0.5, 0.6) is 0 Å². The van der Waals surface area contributed by atoms with Gasteiger partial charge in [-0.3, -0.25) is 0 Å². The number of hydrogen-bond donors (Lipinski definition) is 0. The van der Waals surface area contributed by atoms with E-state index in [0.717, 1.165) is 11.8 Å². The summed E-state index contributed by atoms with van der Waals surface area (Å²) < 4.78 is 0. The first-order valence-electron chi connectivity index (χ1n) is 7.45. The highest BCUT2D eigenvalue weighted by atomic mass is 14.8. The van der Waals surface area contributed by atoms with Crippen LogP contribution in [0, 0.1) is 11.8 Å². The fraction of sp³-hybridized carbons (Fsp3) is 0.368. The summed E-state index contributed by atoms with van der Waals surface area (Å²) in [7, 11) is 0. The van der Waals surface area contributed by atoms with E-state index >= 15 is 0 Å². The first kappa shape index (κ1) is 10.3. The van der Waals surface area contributed by atoms with E-state index in [-0.39, 0.29) is 0 Å². The van der Waals surface area contributed by atoms with Gasteiger partial charge in [-0.1, -0.05) is 61.5 Å². The van der Waals surface area contributed by atoms with Crippen LogP contribution in [-0.2, 0) is 10.8 Å². The number of fused-ring (bicyclic) bond motifs is 4. The topological polar surface area (TPSA) is 0 Å². The molecule has 3 aliphatic carbocycles. The standard InChI is InChI=1S/C19H18/c1-18-12-11-16-17(18)19(16,13-7-3-2-4-8-13)15-10-6-5-9-14(15)18/h2-10,16-17H,11-12H2,1H3/t16-,17-,18-,19-/m0/s1. The Labute approximate surface area is 114 Å². The van der Waals surface area contributed by atoms with E-state index < -0.39 is 0 Å². The summed E-state index contributed by atoms with van der Waals surface area (Å²) in [5.74, 6) is 1.76. The van der Waals surface area contributed by atoms with Gasteiger partial charge in [0.25, 0.3) is 0 Å². The minimum Gasteiger partial charge on any atom is -0.0622 e. The summed E-state index contributed by atoms with van der Waals surface area (Å²) >= 11 is 0. The second kappa shape index (κ2) is 2.95. The maximum Gasteiger partial charge on any atom is 0.0277 e. The highest BCUT2D eigenvalue weighted by Crippen LogP contribution is 2.81. The van der Waals surface area contributed by atoms with E-state index in [2.05, 4.69) is 61.5 Å². The molecular weight excluding hydrogens is 228 g/mol. The number of benzene rings is 2. The summed E-state index contributed by atoms with van der Waals surface area (Å²) in [4.78, 5) is 0. The molecule has 0 bridgehead atoms. The maximum absolute atomic E-state index is 2.51. The molecule has 2 aromatic rings. The Morgan fingerprint density at radius 1 is 0.895 bits per heavy atom. The molecular formula is C19H18. The molecule has 94 valence electrons. The molecule has 2 aromatic carbocycles. The molecule has 0 spiro atoms. The fourth-order valence-corrected chi connectivity index (χ4v) is 5.69. The van der Waals surface area contributed by atoms with Crippen molar-refractivity contribution in [3.63, 3.8) is 0 Å². The normalized spacial score (nSPS) is 40.9. The molecule has 0 heteroatoms. The van der Waals surface area contributed by atoms with Crippen LogP contribution in [0.25, 0.3) is 0 Å². The Morgan fingerprint density at radius 3 is 2.37 bits per heavy atom. The summed E-state index contributed by atoms with van der Waals surface area (Å²) in [5, 5.41) is 0. The zero-order valence-electron chi connectivity index (χ0n) is 11.3. The molecule has 0 aliphatic heterocycles. The third-order valence-corrected chi connectivity index (χ3v) is 6.27. The molecule has 19 heavy (non-hydrogen) atoms. The smallest absolute Gasteiger partial charge is 0.0277 e. The van der Waals surface area contributed by atoms with Gasteiger partial charge in [0.15, 0.2) is 0 Å². The summed E-state index contributed by atoms with van der Waals surface area (Å²) in [6.45, 7) is 2.51. The van der Waals surface area contributed by atoms with Gasteiger partial charge in [-0.25, -0.2) is 0 Å². The molecule has 5 rings (SSSR count). The van der Waals surface area contributed by atoms with Crippen molar-refractivity contribution < 1.29 is 0 Å². The maximum atomic E-state index is 2.51. The molecule has 4 atom stereocenters. The largest absolute Gasteiger partial charge is 0.0622 e. The molecule has 0 heterocycles. The third-order valence-electron chi connectivity index (χ3n) is 6.27. The SMILES string of the molecule is C[C@@]12CC[C@H]3[C@@H]1[C@@]3(c1ccccc1)c1ccccc12. The van der Waals surface area contributed by atoms with Gasteiger partial charge in [0.1, 0.15) is 0 Å². The van der Waals surface area contributed by atoms with Crippen molar-refractivity contribution in [2.45, 2.75) is 30.6 Å². The van der Waals surface area contributed by atoms with Crippen molar-refractivity contribution in [1.29, 1.82) is 0 Å². The zero-order chi connectivity index (χ0) is 12.7. The van der Waals surface area contributed by atoms with Crippen LogP contribution in [0.4, 0.5) is 0 Å². The predicted octanol–water partition coefficient (Wildman–Crippen LogP) is 4.28. The predicted molar refractivity (Wildman–Crippen MR) is 77.2 cm³/mol. The van der Waals surface area contributed by atoms with Crippen LogP contribution in [-0.4, -0.2) is 0 Å². The van der Waals surface area contributed by atoms with Gasteiger partial charge < -0.3 is 0 Å². The lowest BCUT2D eigenvalue weighted by Crippen LogP contribution is -2.20. The van der Waals surface area contributed by atoms with Crippen molar-refractivity contribution in [1.82, 2.24) is 0 Å². The van der Waals surface area contributed by atoms with Crippen molar-refractivity contribution in [2.75, 3.05) is 0 Å². The highest BCUT2D eigenvalue weighted by molar-refractivity contribution is 5.64. The third kappa shape index (κ3) is 0.908. The lowest BCUT2D eigenvalue weighted by atomic mass is 9.80. The van der Waals surface area contributed by atoms with Crippen LogP contribution in [0.1, 0.15) is 36.5 Å². The molecule has 0 N–H and O–H groups in total. The molecule has 2 fully saturated rings. The van der Waals surface area contributed by atoms with Crippen molar-refractivity contribution in [2.24, 2.45) is 11.8 Å². The van der Waals surface area contributed by atoms with Gasteiger partial charge in [-0.05, 0) is 46.8 Å². The first-order valence-corrected chi connectivity index (χ1v) is 7.45. The minimum atomic E-state index is 0.366. The van der Waals surface area contributed by atoms with E-state index in [1.807, 2.05) is 0 Å². The van der Waals surface area contributed by atoms with Crippen molar-refractivity contribution in [3.05, 3.63) is 71.3 Å². The van der Waals surface area contributed by atoms with Crippen molar-refractivity contribution >= 4 is 0 Å². The van der Waals surface area contributed by atoms with Crippen LogP contribution in [0.3, 0.4) is 0 Å². The van der Waals surface area contributed by atoms with Gasteiger partial charge in [0.2, 0.25) is 0 Å². The van der Waals surface area contributed by atoms with E-state index in [0.29, 0.717) is 10.8 Å². The van der Waals surface area contributed by atoms with Crippen LogP contribution in [0.2, 0.25) is 0 Å². The Hall–Kier alpha value is -1.56. The average Bonchev–Trinajstić information content (AvgIpc) is 2.98. The Balaban J connectivity index is 1.83. The Kier molecular flexibility index (Phi) is 1.59. The zero-order valence-corrected chi connectivity index (χ0v) is 11.3. The average molecular weight is 246 g/mol. The van der Waals surface area contributed by atoms with Gasteiger partial charge in [-0.15, -0.1) is 0 Å². The molecule has 3 aliphatic rings. The lowest BCUT2D eigenvalue weighted by molar-refractivity contribution is 0.422. The van der Waals surface area contributed by atoms with E-state index in [9.17, 15) is 0 Å². The summed E-state index contributed by atoms with van der Waals surface area (Å²) in [6.07, 6.45) is 2.79. The van der Waals surface area contributed by atoms with E-state index in [4.69, 9.17) is 0 Å². The van der Waals surface area contributed by atoms with Gasteiger partial charge >= 0.3 is 0 Å². The second-order valence-corrected chi connectivity index (χ2v) is 6.82. The van der Waals surface area contributed by atoms with Gasteiger partial charge in [-0.2, -0.15) is 0 Å². The molecule has 0 radical (unpaired) electrons. The monoisotopic (exact) mass is 246 g/mol. The van der Waals surface area contributed by atoms with Crippen LogP contribution < -0.4 is 0 Å². The molecule has 0 saturated heterocycles. The van der Waals surface area contributed by atoms with Crippen LogP contribution in [0.15, 0.2) is 54.6 Å². The van der Waals surface area contributed by atoms with Gasteiger partial charge in [0, 0.05) is 5.41 Å². The molecule has 2 saturated carbocycles. The minimum absolute atomic E-state index is 0.366.